The van der Waals surface area contributed by atoms with Crippen molar-refractivity contribution in [2.24, 2.45) is 5.92 Å². The second-order valence-electron chi connectivity index (χ2n) is 9.05. The zero-order valence-electron chi connectivity index (χ0n) is 18.3. The zero-order valence-corrected chi connectivity index (χ0v) is 19.1. The number of benzene rings is 2. The molecule has 5 rings (SSSR count). The van der Waals surface area contributed by atoms with Gasteiger partial charge < -0.3 is 19.8 Å². The van der Waals surface area contributed by atoms with Crippen LogP contribution in [0.4, 0.5) is 0 Å². The lowest BCUT2D eigenvalue weighted by Crippen LogP contribution is -2.52. The molecule has 2 heterocycles. The summed E-state index contributed by atoms with van der Waals surface area (Å²) in [6.45, 7) is 0.521. The van der Waals surface area contributed by atoms with Crippen molar-refractivity contribution in [3.8, 4) is 11.8 Å². The van der Waals surface area contributed by atoms with Gasteiger partial charge in [0, 0.05) is 30.6 Å². The highest BCUT2D eigenvalue weighted by Gasteiger charge is 2.76. The molecule has 1 aliphatic heterocycles. The number of hydrogen-bond acceptors (Lipinski definition) is 6. The molecule has 2 aliphatic rings. The Morgan fingerprint density at radius 3 is 2.48 bits per heavy atom. The molecule has 7 heteroatoms. The van der Waals surface area contributed by atoms with E-state index < -0.39 is 23.2 Å². The summed E-state index contributed by atoms with van der Waals surface area (Å²) in [6.07, 6.45) is 0.288. The number of halogens is 1. The highest BCUT2D eigenvalue weighted by atomic mass is 35.5. The summed E-state index contributed by atoms with van der Waals surface area (Å²) in [5.74, 6) is -0.437. The van der Waals surface area contributed by atoms with Crippen molar-refractivity contribution in [2.75, 3.05) is 20.6 Å². The highest BCUT2D eigenvalue weighted by molar-refractivity contribution is 6.30. The first-order valence-corrected chi connectivity index (χ1v) is 11.2. The lowest BCUT2D eigenvalue weighted by molar-refractivity contribution is -0.153. The van der Waals surface area contributed by atoms with Gasteiger partial charge >= 0.3 is 0 Å². The first-order valence-electron chi connectivity index (χ1n) is 10.8. The first-order chi connectivity index (χ1) is 15.8. The molecule has 1 fully saturated rings. The summed E-state index contributed by atoms with van der Waals surface area (Å²) >= 11 is 6.21. The second-order valence-corrected chi connectivity index (χ2v) is 9.49. The maximum atomic E-state index is 12.4. The second kappa shape index (κ2) is 7.82. The molecular weight excluding hydrogens is 438 g/mol. The minimum absolute atomic E-state index is 0.269. The number of rotatable bonds is 4. The van der Waals surface area contributed by atoms with Gasteiger partial charge in [0.05, 0.1) is 22.8 Å². The molecule has 0 spiro atoms. The van der Waals surface area contributed by atoms with E-state index in [-0.39, 0.29) is 11.6 Å². The summed E-state index contributed by atoms with van der Waals surface area (Å²) < 4.78 is 6.65. The lowest BCUT2D eigenvalue weighted by atomic mass is 9.71. The van der Waals surface area contributed by atoms with Gasteiger partial charge in [-0.15, -0.1) is 0 Å². The van der Waals surface area contributed by atoms with Crippen LogP contribution in [0.5, 0.6) is 5.75 Å². The predicted octanol–water partition coefficient (Wildman–Crippen LogP) is 3.42. The molecule has 0 unspecified atom stereocenters. The van der Waals surface area contributed by atoms with Gasteiger partial charge in [0.2, 0.25) is 0 Å². The maximum Gasteiger partial charge on any atom is 0.181 e. The number of pyridine rings is 1. The van der Waals surface area contributed by atoms with E-state index in [9.17, 15) is 15.5 Å². The third-order valence-corrected chi connectivity index (χ3v) is 7.10. The van der Waals surface area contributed by atoms with Crippen LogP contribution in [0, 0.1) is 17.2 Å². The number of hydrogen-bond donors (Lipinski definition) is 2. The maximum absolute atomic E-state index is 12.4. The Hall–Kier alpha value is -2.95. The Bertz CT molecular complexity index is 1230. The van der Waals surface area contributed by atoms with E-state index in [0.29, 0.717) is 28.4 Å². The van der Waals surface area contributed by atoms with E-state index in [4.69, 9.17) is 16.3 Å². The predicted molar refractivity (Wildman–Crippen MR) is 124 cm³/mol. The third kappa shape index (κ3) is 3.01. The third-order valence-electron chi connectivity index (χ3n) is 6.89. The molecule has 2 N–H and O–H groups in total. The molecule has 0 amide bonds. The molecule has 1 saturated carbocycles. The van der Waals surface area contributed by atoms with E-state index in [1.54, 1.807) is 30.3 Å². The van der Waals surface area contributed by atoms with E-state index in [0.717, 1.165) is 5.56 Å². The van der Waals surface area contributed by atoms with Gasteiger partial charge in [0.1, 0.15) is 11.4 Å². The van der Waals surface area contributed by atoms with Crippen molar-refractivity contribution in [1.82, 2.24) is 9.88 Å². The number of aliphatic hydroxyl groups excluding tert-OH is 1. The summed E-state index contributed by atoms with van der Waals surface area (Å²) in [6, 6.07) is 20.5. The van der Waals surface area contributed by atoms with Crippen molar-refractivity contribution in [3.05, 3.63) is 94.3 Å². The highest BCUT2D eigenvalue weighted by Crippen LogP contribution is 2.68. The van der Waals surface area contributed by atoms with Crippen LogP contribution < -0.4 is 4.74 Å². The number of aromatic nitrogens is 1. The van der Waals surface area contributed by atoms with Crippen LogP contribution in [-0.2, 0) is 11.2 Å². The Morgan fingerprint density at radius 2 is 1.85 bits per heavy atom. The minimum Gasteiger partial charge on any atom is -0.476 e. The zero-order chi connectivity index (χ0) is 23.4. The average Bonchev–Trinajstić information content (AvgIpc) is 3.17. The summed E-state index contributed by atoms with van der Waals surface area (Å²) in [4.78, 5) is 6.43. The molecule has 1 aromatic heterocycles. The molecule has 0 bridgehead atoms. The molecule has 6 nitrogen and oxygen atoms in total. The van der Waals surface area contributed by atoms with Crippen LogP contribution in [0.1, 0.15) is 28.3 Å². The number of nitriles is 1. The molecule has 3 aromatic rings. The Labute approximate surface area is 197 Å². The van der Waals surface area contributed by atoms with Crippen molar-refractivity contribution in [1.29, 1.82) is 5.26 Å². The molecule has 2 aromatic carbocycles. The van der Waals surface area contributed by atoms with E-state index in [2.05, 4.69) is 11.1 Å². The van der Waals surface area contributed by atoms with Crippen LogP contribution in [0.2, 0.25) is 5.02 Å². The summed E-state index contributed by atoms with van der Waals surface area (Å²) in [7, 11) is 3.88. The molecule has 1 aliphatic carbocycles. The fourth-order valence-electron chi connectivity index (χ4n) is 5.69. The van der Waals surface area contributed by atoms with Gasteiger partial charge in [0.15, 0.2) is 11.2 Å². The SMILES string of the molecule is CN(C)C[C@@H]1[C@@H](O)[C@@]2(O)c3ncc(Cl)cc3O[C@@]2(c2ccc(C#N)cc2)[C@@H]1c1ccccc1. The van der Waals surface area contributed by atoms with Gasteiger partial charge in [-0.1, -0.05) is 54.1 Å². The van der Waals surface area contributed by atoms with Crippen molar-refractivity contribution >= 4 is 11.6 Å². The Morgan fingerprint density at radius 1 is 1.15 bits per heavy atom. The van der Waals surface area contributed by atoms with E-state index in [1.807, 2.05) is 49.3 Å². The van der Waals surface area contributed by atoms with Gasteiger partial charge in [-0.25, -0.2) is 0 Å². The number of fused-ring (bicyclic) bond motifs is 3. The molecule has 5 atom stereocenters. The molecule has 33 heavy (non-hydrogen) atoms. The fourth-order valence-corrected chi connectivity index (χ4v) is 5.83. The van der Waals surface area contributed by atoms with Crippen LogP contribution in [-0.4, -0.2) is 46.8 Å². The molecule has 168 valence electrons. The largest absolute Gasteiger partial charge is 0.476 e. The van der Waals surface area contributed by atoms with E-state index >= 15 is 0 Å². The quantitative estimate of drug-likeness (QED) is 0.618. The van der Waals surface area contributed by atoms with E-state index in [1.165, 1.54) is 6.20 Å². The number of ether oxygens (including phenoxy) is 1. The van der Waals surface area contributed by atoms with Gasteiger partial charge in [0.25, 0.3) is 0 Å². The van der Waals surface area contributed by atoms with Gasteiger partial charge in [-0.05, 0) is 37.4 Å². The van der Waals surface area contributed by atoms with Gasteiger partial charge in [-0.2, -0.15) is 5.26 Å². The number of aliphatic hydroxyl groups is 2. The van der Waals surface area contributed by atoms with Crippen molar-refractivity contribution in [3.63, 3.8) is 0 Å². The van der Waals surface area contributed by atoms with Crippen LogP contribution in [0.25, 0.3) is 0 Å². The first kappa shape index (κ1) is 21.9. The summed E-state index contributed by atoms with van der Waals surface area (Å²) in [5.41, 5.74) is -0.846. The normalized spacial score (nSPS) is 29.9. The van der Waals surface area contributed by atoms with Crippen molar-refractivity contribution < 1.29 is 14.9 Å². The number of nitrogens with zero attached hydrogens (tertiary/aromatic N) is 3. The topological polar surface area (TPSA) is 89.6 Å². The fraction of sp³-hybridized carbons (Fsp3) is 0.308. The van der Waals surface area contributed by atoms with Crippen LogP contribution in [0.3, 0.4) is 0 Å². The molecular formula is C26H24ClN3O3. The van der Waals surface area contributed by atoms with Crippen LogP contribution >= 0.6 is 11.6 Å². The Kier molecular flexibility index (Phi) is 5.19. The summed E-state index contributed by atoms with van der Waals surface area (Å²) in [5, 5.41) is 33.9. The smallest absolute Gasteiger partial charge is 0.181 e. The minimum atomic E-state index is -1.83. The van der Waals surface area contributed by atoms with Gasteiger partial charge in [-0.3, -0.25) is 4.98 Å². The average molecular weight is 462 g/mol. The monoisotopic (exact) mass is 461 g/mol. The molecule has 0 radical (unpaired) electrons. The van der Waals surface area contributed by atoms with Crippen molar-refractivity contribution in [2.45, 2.75) is 23.2 Å². The standard InChI is InChI=1S/C26H24ClN3O3/c1-30(2)15-20-22(17-6-4-3-5-7-17)26(18-10-8-16(13-28)9-11-18)25(32,24(20)31)23-21(33-26)12-19(27)14-29-23/h3-12,14,20,22,24,31-32H,15H2,1-2H3/t20-,22+,24+,25-,26-/m0/s1. The molecule has 0 saturated heterocycles. The van der Waals surface area contributed by atoms with Crippen LogP contribution in [0.15, 0.2) is 66.9 Å². The lowest BCUT2D eigenvalue weighted by Gasteiger charge is -2.40. The Balaban J connectivity index is 1.83.